The molecular formula is C17H30N4O. The van der Waals surface area contributed by atoms with Crippen LogP contribution in [0.5, 0.6) is 5.75 Å². The van der Waals surface area contributed by atoms with Crippen LogP contribution in [0.2, 0.25) is 0 Å². The van der Waals surface area contributed by atoms with E-state index in [-0.39, 0.29) is 0 Å². The summed E-state index contributed by atoms with van der Waals surface area (Å²) in [5.74, 6) is 0.776. The Labute approximate surface area is 134 Å². The Balaban J connectivity index is 1.68. The van der Waals surface area contributed by atoms with Gasteiger partial charge in [0.15, 0.2) is 0 Å². The molecule has 1 aromatic carbocycles. The summed E-state index contributed by atoms with van der Waals surface area (Å²) in [5.41, 5.74) is 9.17. The van der Waals surface area contributed by atoms with Gasteiger partial charge in [-0.1, -0.05) is 0 Å². The Morgan fingerprint density at radius 3 is 2.59 bits per heavy atom. The molecule has 1 fully saturated rings. The quantitative estimate of drug-likeness (QED) is 0.581. The van der Waals surface area contributed by atoms with Crippen molar-refractivity contribution in [2.75, 3.05) is 65.7 Å². The van der Waals surface area contributed by atoms with E-state index in [4.69, 9.17) is 10.5 Å². The molecule has 0 saturated carbocycles. The molecule has 22 heavy (non-hydrogen) atoms. The maximum atomic E-state index is 5.92. The molecule has 0 unspecified atom stereocenters. The third-order valence-corrected chi connectivity index (χ3v) is 4.46. The lowest BCUT2D eigenvalue weighted by molar-refractivity contribution is 0.155. The van der Waals surface area contributed by atoms with Crippen molar-refractivity contribution in [3.05, 3.63) is 23.3 Å². The highest BCUT2D eigenvalue weighted by Gasteiger charge is 2.12. The number of ether oxygens (including phenoxy) is 1. The summed E-state index contributed by atoms with van der Waals surface area (Å²) >= 11 is 0. The van der Waals surface area contributed by atoms with Gasteiger partial charge >= 0.3 is 0 Å². The van der Waals surface area contributed by atoms with Gasteiger partial charge < -0.3 is 20.7 Å². The third-order valence-electron chi connectivity index (χ3n) is 4.46. The molecule has 0 bridgehead atoms. The summed E-state index contributed by atoms with van der Waals surface area (Å²) in [6.45, 7) is 10.0. The molecule has 0 atom stereocenters. The van der Waals surface area contributed by atoms with Crippen LogP contribution in [0.1, 0.15) is 11.1 Å². The first-order valence-corrected chi connectivity index (χ1v) is 8.14. The number of nitrogens with two attached hydrogens (primary N) is 1. The molecule has 0 radical (unpaired) electrons. The second kappa shape index (κ2) is 8.36. The summed E-state index contributed by atoms with van der Waals surface area (Å²) < 4.78 is 5.30. The van der Waals surface area contributed by atoms with Gasteiger partial charge in [0.1, 0.15) is 5.75 Å². The Hall–Kier alpha value is -1.30. The molecular weight excluding hydrogens is 276 g/mol. The number of piperazine rings is 1. The molecule has 3 N–H and O–H groups in total. The summed E-state index contributed by atoms with van der Waals surface area (Å²) in [4.78, 5) is 4.92. The van der Waals surface area contributed by atoms with Crippen LogP contribution >= 0.6 is 0 Å². The maximum Gasteiger partial charge on any atom is 0.142 e. The fourth-order valence-electron chi connectivity index (χ4n) is 2.86. The molecule has 1 heterocycles. The van der Waals surface area contributed by atoms with Crippen molar-refractivity contribution in [2.45, 2.75) is 13.3 Å². The zero-order valence-corrected chi connectivity index (χ0v) is 14.2. The first-order valence-electron chi connectivity index (χ1n) is 8.14. The minimum Gasteiger partial charge on any atom is -0.495 e. The molecule has 5 nitrogen and oxygen atoms in total. The van der Waals surface area contributed by atoms with Gasteiger partial charge in [-0.05, 0) is 50.2 Å². The predicted octanol–water partition coefficient (Wildman–Crippen LogP) is 0.965. The second-order valence-electron chi connectivity index (χ2n) is 6.17. The molecule has 1 aliphatic rings. The highest BCUT2D eigenvalue weighted by Crippen LogP contribution is 2.25. The zero-order valence-electron chi connectivity index (χ0n) is 14.2. The normalized spacial score (nSPS) is 16.9. The zero-order chi connectivity index (χ0) is 15.9. The highest BCUT2D eigenvalue weighted by atomic mass is 16.5. The second-order valence-corrected chi connectivity index (χ2v) is 6.17. The number of likely N-dealkylation sites (N-methyl/N-ethyl adjacent to an activating group) is 1. The van der Waals surface area contributed by atoms with Crippen LogP contribution in [0.15, 0.2) is 12.1 Å². The van der Waals surface area contributed by atoms with Crippen molar-refractivity contribution in [1.82, 2.24) is 15.1 Å². The van der Waals surface area contributed by atoms with E-state index in [1.807, 2.05) is 6.07 Å². The summed E-state index contributed by atoms with van der Waals surface area (Å²) in [6.07, 6.45) is 1.01. The van der Waals surface area contributed by atoms with Gasteiger partial charge in [-0.3, -0.25) is 4.90 Å². The number of nitrogens with zero attached hydrogens (tertiary/aromatic N) is 2. The van der Waals surface area contributed by atoms with Crippen LogP contribution in [0.3, 0.4) is 0 Å². The maximum absolute atomic E-state index is 5.92. The molecule has 0 spiro atoms. The van der Waals surface area contributed by atoms with E-state index < -0.39 is 0 Å². The van der Waals surface area contributed by atoms with E-state index in [0.29, 0.717) is 5.69 Å². The Kier molecular flexibility index (Phi) is 6.49. The number of hydrogen-bond acceptors (Lipinski definition) is 5. The first-order chi connectivity index (χ1) is 10.6. The lowest BCUT2D eigenvalue weighted by Crippen LogP contribution is -2.46. The van der Waals surface area contributed by atoms with E-state index in [1.54, 1.807) is 7.11 Å². The molecule has 1 aliphatic heterocycles. The molecule has 1 aromatic rings. The standard InChI is InChI=1S/C17H30N4O/c1-14-12-16(18)17(22-3)13-15(14)4-5-19-6-7-21-10-8-20(2)9-11-21/h12-13,19H,4-11,18H2,1-3H3. The van der Waals surface area contributed by atoms with E-state index >= 15 is 0 Å². The van der Waals surface area contributed by atoms with Gasteiger partial charge in [-0.25, -0.2) is 0 Å². The Bertz CT molecular complexity index is 470. The van der Waals surface area contributed by atoms with Gasteiger partial charge in [0, 0.05) is 39.3 Å². The van der Waals surface area contributed by atoms with Crippen molar-refractivity contribution in [1.29, 1.82) is 0 Å². The average Bonchev–Trinajstić information content (AvgIpc) is 2.50. The monoisotopic (exact) mass is 306 g/mol. The molecule has 2 rings (SSSR count). The molecule has 124 valence electrons. The molecule has 5 heteroatoms. The molecule has 0 aromatic heterocycles. The molecule has 0 aliphatic carbocycles. The number of nitrogens with one attached hydrogen (secondary N) is 1. The van der Waals surface area contributed by atoms with Gasteiger partial charge in [0.05, 0.1) is 12.8 Å². The number of methoxy groups -OCH3 is 1. The highest BCUT2D eigenvalue weighted by molar-refractivity contribution is 5.56. The smallest absolute Gasteiger partial charge is 0.142 e. The van der Waals surface area contributed by atoms with Gasteiger partial charge in [-0.15, -0.1) is 0 Å². The average molecular weight is 306 g/mol. The van der Waals surface area contributed by atoms with Crippen molar-refractivity contribution >= 4 is 5.69 Å². The largest absolute Gasteiger partial charge is 0.495 e. The number of aryl methyl sites for hydroxylation is 1. The fraction of sp³-hybridized carbons (Fsp3) is 0.647. The van der Waals surface area contributed by atoms with Crippen LogP contribution in [-0.4, -0.2) is 69.8 Å². The number of hydrogen-bond donors (Lipinski definition) is 2. The summed E-state index contributed by atoms with van der Waals surface area (Å²) in [6, 6.07) is 4.06. The number of rotatable bonds is 7. The van der Waals surface area contributed by atoms with E-state index in [9.17, 15) is 0 Å². The van der Waals surface area contributed by atoms with Crippen LogP contribution in [-0.2, 0) is 6.42 Å². The minimum absolute atomic E-state index is 0.715. The Morgan fingerprint density at radius 2 is 1.91 bits per heavy atom. The topological polar surface area (TPSA) is 53.8 Å². The SMILES string of the molecule is COc1cc(CCNCCN2CCN(C)CC2)c(C)cc1N. The first kappa shape index (κ1) is 17.1. The van der Waals surface area contributed by atoms with Crippen molar-refractivity contribution in [3.63, 3.8) is 0 Å². The molecule has 0 amide bonds. The van der Waals surface area contributed by atoms with Crippen molar-refractivity contribution in [2.24, 2.45) is 0 Å². The number of anilines is 1. The van der Waals surface area contributed by atoms with Gasteiger partial charge in [0.25, 0.3) is 0 Å². The van der Waals surface area contributed by atoms with Crippen LogP contribution < -0.4 is 15.8 Å². The Morgan fingerprint density at radius 1 is 1.18 bits per heavy atom. The van der Waals surface area contributed by atoms with Crippen LogP contribution in [0, 0.1) is 6.92 Å². The van der Waals surface area contributed by atoms with Crippen LogP contribution in [0.25, 0.3) is 0 Å². The number of nitrogen functional groups attached to an aromatic ring is 1. The van der Waals surface area contributed by atoms with E-state index in [1.165, 1.54) is 37.3 Å². The lowest BCUT2D eigenvalue weighted by atomic mass is 10.0. The van der Waals surface area contributed by atoms with E-state index in [0.717, 1.165) is 31.8 Å². The lowest BCUT2D eigenvalue weighted by Gasteiger charge is -2.32. The van der Waals surface area contributed by atoms with Gasteiger partial charge in [-0.2, -0.15) is 0 Å². The summed E-state index contributed by atoms with van der Waals surface area (Å²) in [5, 5.41) is 3.54. The van der Waals surface area contributed by atoms with E-state index in [2.05, 4.69) is 35.2 Å². The fourth-order valence-corrected chi connectivity index (χ4v) is 2.86. The van der Waals surface area contributed by atoms with Gasteiger partial charge in [0.2, 0.25) is 0 Å². The van der Waals surface area contributed by atoms with Crippen molar-refractivity contribution < 1.29 is 4.74 Å². The third kappa shape index (κ3) is 4.87. The number of benzene rings is 1. The summed E-state index contributed by atoms with van der Waals surface area (Å²) in [7, 11) is 3.86. The van der Waals surface area contributed by atoms with Crippen LogP contribution in [0.4, 0.5) is 5.69 Å². The predicted molar refractivity (Wildman–Crippen MR) is 92.7 cm³/mol. The molecule has 1 saturated heterocycles. The minimum atomic E-state index is 0.715. The van der Waals surface area contributed by atoms with Crippen molar-refractivity contribution in [3.8, 4) is 5.75 Å².